The van der Waals surface area contributed by atoms with Gasteiger partial charge in [0.2, 0.25) is 11.8 Å². The van der Waals surface area contributed by atoms with Crippen LogP contribution in [0, 0.1) is 0 Å². The van der Waals surface area contributed by atoms with E-state index in [1.165, 1.54) is 29.2 Å². The molecule has 0 bridgehead atoms. The summed E-state index contributed by atoms with van der Waals surface area (Å²) in [6, 6.07) is 4.76. The molecular formula is C24H35F2N3O5Si. The molecule has 0 aromatic heterocycles. The number of hydrogen-bond donors (Lipinski definition) is 0. The molecule has 3 amide bonds. The van der Waals surface area contributed by atoms with Gasteiger partial charge >= 0.3 is 6.61 Å². The van der Waals surface area contributed by atoms with Crippen LogP contribution in [0.3, 0.4) is 0 Å². The van der Waals surface area contributed by atoms with Crippen molar-refractivity contribution < 1.29 is 32.3 Å². The summed E-state index contributed by atoms with van der Waals surface area (Å²) in [5, 5.41) is 0.0396. The van der Waals surface area contributed by atoms with Crippen LogP contribution in [0.25, 0.3) is 0 Å². The Hall–Kier alpha value is -2.53. The van der Waals surface area contributed by atoms with Gasteiger partial charge in [0, 0.05) is 25.1 Å². The molecule has 8 nitrogen and oxygen atoms in total. The molecule has 11 heteroatoms. The van der Waals surface area contributed by atoms with E-state index in [2.05, 4.69) is 38.6 Å². The summed E-state index contributed by atoms with van der Waals surface area (Å²) >= 11 is 0. The van der Waals surface area contributed by atoms with Gasteiger partial charge in [-0.3, -0.25) is 14.4 Å². The molecule has 2 unspecified atom stereocenters. The minimum atomic E-state index is -2.95. The van der Waals surface area contributed by atoms with E-state index in [0.717, 1.165) is 0 Å². The normalized spacial score (nSPS) is 21.5. The third-order valence-electron chi connectivity index (χ3n) is 7.22. The van der Waals surface area contributed by atoms with Crippen LogP contribution in [0.15, 0.2) is 24.3 Å². The lowest BCUT2D eigenvalue weighted by Crippen LogP contribution is -2.70. The number of carbonyl (C=O) groups excluding carboxylic acids is 3. The lowest BCUT2D eigenvalue weighted by atomic mass is 10.0. The molecule has 0 radical (unpaired) electrons. The Labute approximate surface area is 206 Å². The molecule has 2 aliphatic rings. The van der Waals surface area contributed by atoms with Gasteiger partial charge in [0.25, 0.3) is 5.91 Å². The summed E-state index contributed by atoms with van der Waals surface area (Å²) in [6.45, 7) is 10.6. The maximum Gasteiger partial charge on any atom is 0.387 e. The van der Waals surface area contributed by atoms with Gasteiger partial charge < -0.3 is 23.9 Å². The average Bonchev–Trinajstić information content (AvgIpc) is 2.76. The minimum absolute atomic E-state index is 0.0396. The highest BCUT2D eigenvalue weighted by atomic mass is 28.4. The number of ether oxygens (including phenoxy) is 1. The highest BCUT2D eigenvalue weighted by molar-refractivity contribution is 6.74. The molecule has 0 spiro atoms. The molecule has 2 saturated heterocycles. The van der Waals surface area contributed by atoms with Crippen LogP contribution in [0.2, 0.25) is 18.1 Å². The Morgan fingerprint density at radius 2 is 1.80 bits per heavy atom. The van der Waals surface area contributed by atoms with E-state index < -0.39 is 27.1 Å². The fourth-order valence-electron chi connectivity index (χ4n) is 4.15. The molecule has 194 valence electrons. The standard InChI is InChI=1S/C24H35F2N3O5Si/c1-16-21(31)27(13-14-33-35(5,6)24(2,3)4)15-19-28(12-11-20(30)29(16)19)22(32)17-7-9-18(10-8-17)34-23(25)26/h7-10,16,19,23H,11-15H2,1-6H3. The second kappa shape index (κ2) is 10.2. The number of halogens is 2. The molecule has 1 aromatic carbocycles. The molecule has 2 heterocycles. The van der Waals surface area contributed by atoms with E-state index in [4.69, 9.17) is 4.43 Å². The third-order valence-corrected chi connectivity index (χ3v) is 11.8. The number of rotatable bonds is 7. The molecule has 2 fully saturated rings. The first-order valence-corrected chi connectivity index (χ1v) is 14.7. The number of hydrogen-bond acceptors (Lipinski definition) is 5. The number of carbonyl (C=O) groups is 3. The summed E-state index contributed by atoms with van der Waals surface area (Å²) in [7, 11) is -1.99. The number of amides is 3. The van der Waals surface area contributed by atoms with E-state index in [1.807, 2.05) is 0 Å². The Kier molecular flexibility index (Phi) is 7.90. The second-order valence-corrected chi connectivity index (χ2v) is 15.3. The van der Waals surface area contributed by atoms with Crippen molar-refractivity contribution in [2.24, 2.45) is 0 Å². The zero-order valence-electron chi connectivity index (χ0n) is 21.2. The van der Waals surface area contributed by atoms with Crippen LogP contribution in [0.4, 0.5) is 8.78 Å². The Morgan fingerprint density at radius 1 is 1.17 bits per heavy atom. The highest BCUT2D eigenvalue weighted by Gasteiger charge is 2.47. The molecule has 0 aliphatic carbocycles. The molecule has 3 rings (SSSR count). The Bertz CT molecular complexity index is 951. The first-order valence-electron chi connectivity index (χ1n) is 11.8. The monoisotopic (exact) mass is 511 g/mol. The van der Waals surface area contributed by atoms with Crippen molar-refractivity contribution in [1.82, 2.24) is 14.7 Å². The average molecular weight is 512 g/mol. The molecule has 2 atom stereocenters. The van der Waals surface area contributed by atoms with Crippen LogP contribution < -0.4 is 4.74 Å². The van der Waals surface area contributed by atoms with Gasteiger partial charge in [-0.15, -0.1) is 0 Å². The lowest BCUT2D eigenvalue weighted by molar-refractivity contribution is -0.166. The minimum Gasteiger partial charge on any atom is -0.435 e. The molecule has 35 heavy (non-hydrogen) atoms. The summed E-state index contributed by atoms with van der Waals surface area (Å²) in [5.41, 5.74) is 0.290. The molecule has 0 N–H and O–H groups in total. The number of fused-ring (bicyclic) bond motifs is 1. The van der Waals surface area contributed by atoms with Crippen molar-refractivity contribution in [1.29, 1.82) is 0 Å². The summed E-state index contributed by atoms with van der Waals surface area (Å²) < 4.78 is 35.5. The SMILES string of the molecule is CC1C(=O)N(CCO[Si](C)(C)C(C)(C)C)CC2N(C(=O)c3ccc(OC(F)F)cc3)CCC(=O)N12. The van der Waals surface area contributed by atoms with Crippen LogP contribution in [0.1, 0.15) is 44.5 Å². The molecular weight excluding hydrogens is 476 g/mol. The first kappa shape index (κ1) is 27.1. The summed E-state index contributed by atoms with van der Waals surface area (Å²) in [6.07, 6.45) is -0.498. The quantitative estimate of drug-likeness (QED) is 0.524. The third kappa shape index (κ3) is 5.83. The zero-order chi connectivity index (χ0) is 26.1. The Balaban J connectivity index is 1.75. The van der Waals surface area contributed by atoms with E-state index in [-0.39, 0.29) is 48.0 Å². The van der Waals surface area contributed by atoms with Gasteiger partial charge in [-0.2, -0.15) is 8.78 Å². The number of piperazine rings is 1. The number of alkyl halides is 2. The summed E-state index contributed by atoms with van der Waals surface area (Å²) in [5.74, 6) is -0.721. The van der Waals surface area contributed by atoms with Crippen LogP contribution in [-0.2, 0) is 14.0 Å². The predicted octanol–water partition coefficient (Wildman–Crippen LogP) is 3.54. The van der Waals surface area contributed by atoms with E-state index in [9.17, 15) is 23.2 Å². The van der Waals surface area contributed by atoms with Gasteiger partial charge in [-0.1, -0.05) is 20.8 Å². The molecule has 0 saturated carbocycles. The van der Waals surface area contributed by atoms with E-state index in [0.29, 0.717) is 18.7 Å². The van der Waals surface area contributed by atoms with Crippen molar-refractivity contribution in [2.75, 3.05) is 26.2 Å². The van der Waals surface area contributed by atoms with E-state index >= 15 is 0 Å². The van der Waals surface area contributed by atoms with Crippen molar-refractivity contribution in [3.63, 3.8) is 0 Å². The molecule has 2 aliphatic heterocycles. The maximum absolute atomic E-state index is 13.3. The fraction of sp³-hybridized carbons (Fsp3) is 0.625. The van der Waals surface area contributed by atoms with Gasteiger partial charge in [0.05, 0.1) is 13.2 Å². The predicted molar refractivity (Wildman–Crippen MR) is 129 cm³/mol. The van der Waals surface area contributed by atoms with Gasteiger partial charge in [0.15, 0.2) is 8.32 Å². The fourth-order valence-corrected chi connectivity index (χ4v) is 5.19. The van der Waals surface area contributed by atoms with Crippen molar-refractivity contribution in [3.05, 3.63) is 29.8 Å². The van der Waals surface area contributed by atoms with Crippen LogP contribution in [-0.4, -0.2) is 85.8 Å². The molecule has 1 aromatic rings. The van der Waals surface area contributed by atoms with Crippen molar-refractivity contribution in [3.8, 4) is 5.75 Å². The lowest BCUT2D eigenvalue weighted by Gasteiger charge is -2.51. The highest BCUT2D eigenvalue weighted by Crippen LogP contribution is 2.36. The largest absolute Gasteiger partial charge is 0.435 e. The van der Waals surface area contributed by atoms with Gasteiger partial charge in [-0.05, 0) is 49.3 Å². The first-order chi connectivity index (χ1) is 16.2. The number of nitrogens with zero attached hydrogens (tertiary/aromatic N) is 3. The van der Waals surface area contributed by atoms with Crippen LogP contribution >= 0.6 is 0 Å². The maximum atomic E-state index is 13.3. The van der Waals surface area contributed by atoms with Gasteiger partial charge in [-0.25, -0.2) is 0 Å². The zero-order valence-corrected chi connectivity index (χ0v) is 22.2. The summed E-state index contributed by atoms with van der Waals surface area (Å²) in [4.78, 5) is 43.8. The van der Waals surface area contributed by atoms with Crippen molar-refractivity contribution in [2.45, 2.75) is 71.1 Å². The smallest absolute Gasteiger partial charge is 0.387 e. The Morgan fingerprint density at radius 3 is 2.37 bits per heavy atom. The van der Waals surface area contributed by atoms with Crippen LogP contribution in [0.5, 0.6) is 5.75 Å². The van der Waals surface area contributed by atoms with Crippen molar-refractivity contribution >= 4 is 26.0 Å². The second-order valence-electron chi connectivity index (χ2n) is 10.5. The van der Waals surface area contributed by atoms with Gasteiger partial charge in [0.1, 0.15) is 18.0 Å². The van der Waals surface area contributed by atoms with E-state index in [1.54, 1.807) is 16.7 Å². The topological polar surface area (TPSA) is 79.4 Å². The number of benzene rings is 1.